The van der Waals surface area contributed by atoms with Crippen LogP contribution in [0.2, 0.25) is 0 Å². The van der Waals surface area contributed by atoms with Crippen molar-refractivity contribution in [3.05, 3.63) is 70.3 Å². The highest BCUT2D eigenvalue weighted by molar-refractivity contribution is 8.93. The molecule has 0 bridgehead atoms. The molecule has 0 unspecified atom stereocenters. The van der Waals surface area contributed by atoms with Gasteiger partial charge in [0.05, 0.1) is 24.7 Å². The fourth-order valence-corrected chi connectivity index (χ4v) is 2.36. The molecule has 7 heteroatoms. The molecule has 128 valence electrons. The number of hydrogen-bond acceptors (Lipinski definition) is 4. The minimum atomic E-state index is -0.501. The molecule has 0 saturated carbocycles. The Kier molecular flexibility index (Phi) is 7.06. The van der Waals surface area contributed by atoms with Crippen molar-refractivity contribution in [3.63, 3.8) is 0 Å². The van der Waals surface area contributed by atoms with Crippen LogP contribution in [0.5, 0.6) is 0 Å². The average Bonchev–Trinajstić information content (AvgIpc) is 2.47. The molecule has 2 aromatic carbocycles. The van der Waals surface area contributed by atoms with Crippen LogP contribution >= 0.6 is 17.0 Å². The second-order valence-corrected chi connectivity index (χ2v) is 6.02. The summed E-state index contributed by atoms with van der Waals surface area (Å²) in [5.74, 6) is -0.300. The van der Waals surface area contributed by atoms with Gasteiger partial charge in [0, 0.05) is 23.6 Å². The van der Waals surface area contributed by atoms with Gasteiger partial charge in [0.25, 0.3) is 5.69 Å². The molecule has 0 N–H and O–H groups in total. The Morgan fingerprint density at radius 2 is 1.79 bits per heavy atom. The van der Waals surface area contributed by atoms with Gasteiger partial charge in [-0.3, -0.25) is 15.1 Å². The van der Waals surface area contributed by atoms with Gasteiger partial charge in [-0.15, -0.1) is 17.0 Å². The van der Waals surface area contributed by atoms with E-state index in [1.54, 1.807) is 6.07 Å². The van der Waals surface area contributed by atoms with E-state index in [-0.39, 0.29) is 35.1 Å². The van der Waals surface area contributed by atoms with E-state index < -0.39 is 4.92 Å². The number of hydrogen-bond donors (Lipinski definition) is 0. The third kappa shape index (κ3) is 6.10. The number of halogens is 1. The largest absolute Gasteiger partial charge is 0.858 e. The van der Waals surface area contributed by atoms with Crippen molar-refractivity contribution in [2.24, 2.45) is 4.99 Å². The molecular weight excluding hydrogens is 374 g/mol. The molecule has 2 rings (SSSR count). The van der Waals surface area contributed by atoms with E-state index in [4.69, 9.17) is 0 Å². The number of nitro benzene ring substituents is 1. The Balaban J connectivity index is 0.00000288. The third-order valence-corrected chi connectivity index (χ3v) is 3.31. The Morgan fingerprint density at radius 1 is 1.12 bits per heavy atom. The second-order valence-electron chi connectivity index (χ2n) is 6.02. The summed E-state index contributed by atoms with van der Waals surface area (Å²) in [5.41, 5.74) is 1.38. The van der Waals surface area contributed by atoms with Gasteiger partial charge in [-0.2, -0.15) is 0 Å². The van der Waals surface area contributed by atoms with Crippen LogP contribution in [0.3, 0.4) is 0 Å². The highest BCUT2D eigenvalue weighted by Gasteiger charge is 2.15. The quantitative estimate of drug-likeness (QED) is 0.249. The van der Waals surface area contributed by atoms with Gasteiger partial charge in [0.1, 0.15) is 13.1 Å². The predicted octanol–water partition coefficient (Wildman–Crippen LogP) is 2.84. The zero-order valence-electron chi connectivity index (χ0n) is 13.6. The number of quaternary nitrogens is 1. The molecule has 0 amide bonds. The molecule has 24 heavy (non-hydrogen) atoms. The molecule has 6 nitrogen and oxygen atoms in total. The molecular formula is C17H20BrN3O3. The van der Waals surface area contributed by atoms with Gasteiger partial charge in [-0.1, -0.05) is 36.4 Å². The Morgan fingerprint density at radius 3 is 2.42 bits per heavy atom. The van der Waals surface area contributed by atoms with Gasteiger partial charge >= 0.3 is 0 Å². The van der Waals surface area contributed by atoms with Crippen LogP contribution in [0, 0.1) is 10.1 Å². The Bertz CT molecular complexity index is 718. The smallest absolute Gasteiger partial charge is 0.271 e. The van der Waals surface area contributed by atoms with Crippen molar-refractivity contribution >= 4 is 34.3 Å². The maximum Gasteiger partial charge on any atom is 0.271 e. The zero-order chi connectivity index (χ0) is 16.9. The van der Waals surface area contributed by atoms with E-state index in [9.17, 15) is 15.2 Å². The molecule has 0 heterocycles. The summed E-state index contributed by atoms with van der Waals surface area (Å²) >= 11 is 0. The summed E-state index contributed by atoms with van der Waals surface area (Å²) in [6.07, 6.45) is 0. The predicted molar refractivity (Wildman–Crippen MR) is 97.6 cm³/mol. The van der Waals surface area contributed by atoms with Crippen LogP contribution in [-0.4, -0.2) is 35.9 Å². The highest BCUT2D eigenvalue weighted by atomic mass is 79.9. The van der Waals surface area contributed by atoms with Crippen LogP contribution in [0.25, 0.3) is 0 Å². The molecule has 0 saturated heterocycles. The lowest BCUT2D eigenvalue weighted by molar-refractivity contribution is -0.896. The van der Waals surface area contributed by atoms with Crippen molar-refractivity contribution in [1.82, 2.24) is 0 Å². The fourth-order valence-electron chi connectivity index (χ4n) is 2.36. The monoisotopic (exact) mass is 393 g/mol. The van der Waals surface area contributed by atoms with Crippen LogP contribution in [0.15, 0.2) is 59.6 Å². The first kappa shape index (κ1) is 19.8. The number of benzene rings is 2. The first-order valence-electron chi connectivity index (χ1n) is 7.21. The summed E-state index contributed by atoms with van der Waals surface area (Å²) in [4.78, 5) is 14.2. The van der Waals surface area contributed by atoms with E-state index in [0.717, 1.165) is 5.56 Å². The van der Waals surface area contributed by atoms with Crippen molar-refractivity contribution in [3.8, 4) is 0 Å². The number of nitro groups is 1. The minimum Gasteiger partial charge on any atom is -0.858 e. The minimum absolute atomic E-state index is 0. The lowest BCUT2D eigenvalue weighted by atomic mass is 10.2. The van der Waals surface area contributed by atoms with Gasteiger partial charge in [0.2, 0.25) is 0 Å². The van der Waals surface area contributed by atoms with Crippen molar-refractivity contribution in [1.29, 1.82) is 0 Å². The molecule has 0 aromatic heterocycles. The number of aliphatic imine (C=N–C) groups is 1. The summed E-state index contributed by atoms with van der Waals surface area (Å²) < 4.78 is 0.460. The standard InChI is InChI=1S/C17H19N3O3.BrH/c1-20(2,12-14-7-4-3-5-8-14)13-17(21)18-15-9-6-10-16(11-15)19(22)23;/h3-11H,12-13H2,1-2H3;1H. The first-order valence-corrected chi connectivity index (χ1v) is 7.21. The van der Waals surface area contributed by atoms with Crippen LogP contribution < -0.4 is 5.11 Å². The second kappa shape index (κ2) is 8.56. The SMILES string of the molecule is Br.C[N+](C)(CC([O-])=Nc1cccc([N+](=O)[O-])c1)Cc1ccccc1. The summed E-state index contributed by atoms with van der Waals surface area (Å²) in [5, 5.41) is 22.9. The van der Waals surface area contributed by atoms with E-state index in [0.29, 0.717) is 16.7 Å². The lowest BCUT2D eigenvalue weighted by Gasteiger charge is -2.32. The molecule has 0 radical (unpaired) electrons. The molecule has 0 aliphatic carbocycles. The van der Waals surface area contributed by atoms with Gasteiger partial charge in [0.15, 0.2) is 0 Å². The number of rotatable bonds is 6. The van der Waals surface area contributed by atoms with Gasteiger partial charge < -0.3 is 9.59 Å². The van der Waals surface area contributed by atoms with Crippen LogP contribution in [0.4, 0.5) is 11.4 Å². The topological polar surface area (TPSA) is 78.6 Å². The van der Waals surface area contributed by atoms with E-state index >= 15 is 0 Å². The molecule has 0 aliphatic heterocycles. The normalized spacial score (nSPS) is 11.7. The number of non-ortho nitro benzene ring substituents is 1. The molecule has 0 atom stereocenters. The number of nitrogens with zero attached hydrogens (tertiary/aromatic N) is 3. The third-order valence-electron chi connectivity index (χ3n) is 3.31. The lowest BCUT2D eigenvalue weighted by Crippen LogP contribution is -2.46. The van der Waals surface area contributed by atoms with Crippen molar-refractivity contribution in [2.75, 3.05) is 20.6 Å². The van der Waals surface area contributed by atoms with E-state index in [1.165, 1.54) is 18.2 Å². The van der Waals surface area contributed by atoms with Gasteiger partial charge in [-0.25, -0.2) is 0 Å². The first-order chi connectivity index (χ1) is 10.9. The maximum absolute atomic E-state index is 12.1. The zero-order valence-corrected chi connectivity index (χ0v) is 15.3. The Hall–Kier alpha value is -2.25. The number of likely N-dealkylation sites (N-methyl/N-ethyl adjacent to an activating group) is 1. The molecule has 0 aliphatic rings. The van der Waals surface area contributed by atoms with E-state index in [1.807, 2.05) is 44.4 Å². The molecule has 2 aromatic rings. The van der Waals surface area contributed by atoms with E-state index in [2.05, 4.69) is 4.99 Å². The fraction of sp³-hybridized carbons (Fsp3) is 0.235. The molecule has 0 spiro atoms. The van der Waals surface area contributed by atoms with Crippen LogP contribution in [-0.2, 0) is 6.54 Å². The van der Waals surface area contributed by atoms with Crippen LogP contribution in [0.1, 0.15) is 5.56 Å². The summed E-state index contributed by atoms with van der Waals surface area (Å²) in [7, 11) is 3.90. The average molecular weight is 394 g/mol. The highest BCUT2D eigenvalue weighted by Crippen LogP contribution is 2.19. The summed E-state index contributed by atoms with van der Waals surface area (Å²) in [6.45, 7) is 0.925. The Labute approximate surface area is 151 Å². The maximum atomic E-state index is 12.1. The van der Waals surface area contributed by atoms with Gasteiger partial charge in [-0.05, 0) is 6.07 Å². The molecule has 0 fully saturated rings. The summed E-state index contributed by atoms with van der Waals surface area (Å²) in [6, 6.07) is 15.7. The van der Waals surface area contributed by atoms with Crippen molar-refractivity contribution in [2.45, 2.75) is 6.54 Å². The van der Waals surface area contributed by atoms with Crippen molar-refractivity contribution < 1.29 is 14.5 Å².